The second kappa shape index (κ2) is 6.91. The molecule has 1 N–H and O–H groups in total. The van der Waals surface area contributed by atoms with Crippen molar-refractivity contribution >= 4 is 29.3 Å². The van der Waals surface area contributed by atoms with Crippen molar-refractivity contribution in [3.05, 3.63) is 35.7 Å². The number of carboxylic acid groups (broad SMARTS) is 1. The van der Waals surface area contributed by atoms with Crippen LogP contribution < -0.4 is 24.0 Å². The average Bonchev–Trinajstić information content (AvgIpc) is 2.81. The van der Waals surface area contributed by atoms with Crippen LogP contribution in [-0.2, 0) is 4.79 Å². The van der Waals surface area contributed by atoms with Crippen LogP contribution >= 0.6 is 23.4 Å². The summed E-state index contributed by atoms with van der Waals surface area (Å²) in [4.78, 5) is 18.0. The van der Waals surface area contributed by atoms with Gasteiger partial charge in [0.25, 0.3) is 0 Å². The van der Waals surface area contributed by atoms with E-state index in [0.717, 1.165) is 23.0 Å². The van der Waals surface area contributed by atoms with E-state index in [9.17, 15) is 9.90 Å². The first-order valence-electron chi connectivity index (χ1n) is 4.78. The Bertz CT molecular complexity index is 534. The molecular weight excluding hydrogens is 267 g/mol. The second-order valence-electron chi connectivity index (χ2n) is 3.27. The van der Waals surface area contributed by atoms with Gasteiger partial charge < -0.3 is 14.9 Å². The zero-order valence-electron chi connectivity index (χ0n) is 9.64. The standard InChI is InChI=1S/C11H9ClN2O2S.Li/c12-8-2-1-7(9-4-13-6-14-9)3-10(8)17-5-11(15)16;/h1-4,6H,5H2,(H,13,14)(H,15,16);/q;+1/p-1. The van der Waals surface area contributed by atoms with Crippen molar-refractivity contribution in [3.8, 4) is 11.3 Å². The predicted molar refractivity (Wildman–Crippen MR) is 64.8 cm³/mol. The summed E-state index contributed by atoms with van der Waals surface area (Å²) in [5.41, 5.74) is 1.77. The molecule has 1 aromatic heterocycles. The first-order valence-corrected chi connectivity index (χ1v) is 6.14. The Labute approximate surface area is 125 Å². The van der Waals surface area contributed by atoms with Gasteiger partial charge in [0, 0.05) is 16.2 Å². The quantitative estimate of drug-likeness (QED) is 0.549. The van der Waals surface area contributed by atoms with Crippen LogP contribution in [0, 0.1) is 0 Å². The number of carbonyl (C=O) groups is 1. The monoisotopic (exact) mass is 274 g/mol. The SMILES string of the molecule is O=C([O-])CSc1cc(-c2cnc[nH]2)ccc1Cl.[Li+]. The number of H-pyrrole nitrogens is 1. The summed E-state index contributed by atoms with van der Waals surface area (Å²) in [5.74, 6) is -1.23. The fraction of sp³-hybridized carbons (Fsp3) is 0.0909. The number of aromatic nitrogens is 2. The predicted octanol–water partition coefficient (Wildman–Crippen LogP) is -1.42. The Hall–Kier alpha value is -0.863. The van der Waals surface area contributed by atoms with Crippen LogP contribution in [0.2, 0.25) is 5.02 Å². The maximum atomic E-state index is 10.4. The van der Waals surface area contributed by atoms with Gasteiger partial charge in [-0.1, -0.05) is 17.7 Å². The largest absolute Gasteiger partial charge is 1.00 e. The maximum absolute atomic E-state index is 10.4. The molecule has 0 fully saturated rings. The molecule has 1 heterocycles. The number of hydrogen-bond acceptors (Lipinski definition) is 4. The van der Waals surface area contributed by atoms with Crippen LogP contribution in [0.4, 0.5) is 0 Å². The molecule has 0 aliphatic heterocycles. The number of thioether (sulfide) groups is 1. The molecule has 88 valence electrons. The number of aromatic amines is 1. The number of rotatable bonds is 4. The fourth-order valence-electron chi connectivity index (χ4n) is 1.33. The van der Waals surface area contributed by atoms with E-state index in [4.69, 9.17) is 11.6 Å². The summed E-state index contributed by atoms with van der Waals surface area (Å²) in [6.07, 6.45) is 3.27. The van der Waals surface area contributed by atoms with Crippen molar-refractivity contribution in [1.29, 1.82) is 0 Å². The molecule has 4 nitrogen and oxygen atoms in total. The van der Waals surface area contributed by atoms with E-state index in [1.165, 1.54) is 0 Å². The summed E-state index contributed by atoms with van der Waals surface area (Å²) >= 11 is 7.12. The molecule has 0 aliphatic carbocycles. The molecule has 2 aromatic rings. The van der Waals surface area contributed by atoms with Crippen molar-refractivity contribution < 1.29 is 28.8 Å². The van der Waals surface area contributed by atoms with Gasteiger partial charge in [0.15, 0.2) is 0 Å². The molecule has 1 aromatic carbocycles. The first-order chi connectivity index (χ1) is 8.16. The van der Waals surface area contributed by atoms with Crippen LogP contribution in [0.3, 0.4) is 0 Å². The first kappa shape index (κ1) is 15.2. The van der Waals surface area contributed by atoms with Crippen LogP contribution in [0.5, 0.6) is 0 Å². The summed E-state index contributed by atoms with van der Waals surface area (Å²) < 4.78 is 0. The summed E-state index contributed by atoms with van der Waals surface area (Å²) in [6, 6.07) is 5.40. The molecule has 0 atom stereocenters. The molecule has 0 bridgehead atoms. The zero-order chi connectivity index (χ0) is 12.3. The van der Waals surface area contributed by atoms with Crippen LogP contribution in [-0.4, -0.2) is 21.7 Å². The number of halogens is 1. The van der Waals surface area contributed by atoms with Crippen LogP contribution in [0.25, 0.3) is 11.3 Å². The van der Waals surface area contributed by atoms with Gasteiger partial charge in [-0.05, 0) is 12.1 Å². The molecule has 0 radical (unpaired) electrons. The Morgan fingerprint density at radius 1 is 1.50 bits per heavy atom. The van der Waals surface area contributed by atoms with E-state index >= 15 is 0 Å². The molecule has 0 saturated heterocycles. The number of benzene rings is 1. The molecular formula is C11H8ClLiN2O2S. The van der Waals surface area contributed by atoms with E-state index < -0.39 is 5.97 Å². The molecule has 2 rings (SSSR count). The van der Waals surface area contributed by atoms with Gasteiger partial charge in [0.05, 0.1) is 29.2 Å². The molecule has 0 spiro atoms. The summed E-state index contributed by atoms with van der Waals surface area (Å²) in [5, 5.41) is 10.9. The number of imidazole rings is 1. The van der Waals surface area contributed by atoms with Crippen molar-refractivity contribution in [1.82, 2.24) is 9.97 Å². The van der Waals surface area contributed by atoms with Crippen molar-refractivity contribution in [2.24, 2.45) is 0 Å². The summed E-state index contributed by atoms with van der Waals surface area (Å²) in [6.45, 7) is 0. The van der Waals surface area contributed by atoms with E-state index in [0.29, 0.717) is 9.92 Å². The normalized spacial score (nSPS) is 9.83. The van der Waals surface area contributed by atoms with Gasteiger partial charge in [-0.3, -0.25) is 0 Å². The number of aliphatic carboxylic acids is 1. The third kappa shape index (κ3) is 3.82. The van der Waals surface area contributed by atoms with Gasteiger partial charge >= 0.3 is 18.9 Å². The Morgan fingerprint density at radius 3 is 2.89 bits per heavy atom. The Balaban J connectivity index is 0.00000162. The number of nitrogens with zero attached hydrogens (tertiary/aromatic N) is 1. The van der Waals surface area contributed by atoms with Gasteiger partial charge in [0.1, 0.15) is 0 Å². The van der Waals surface area contributed by atoms with E-state index in [-0.39, 0.29) is 24.6 Å². The molecule has 0 aliphatic rings. The van der Waals surface area contributed by atoms with Crippen LogP contribution in [0.1, 0.15) is 0 Å². The van der Waals surface area contributed by atoms with Gasteiger partial charge in [-0.15, -0.1) is 11.8 Å². The molecule has 0 saturated carbocycles. The molecule has 7 heteroatoms. The Kier molecular flexibility index (Phi) is 5.83. The summed E-state index contributed by atoms with van der Waals surface area (Å²) in [7, 11) is 0. The number of carbonyl (C=O) groups excluding carboxylic acids is 1. The van der Waals surface area contributed by atoms with E-state index in [1.54, 1.807) is 18.6 Å². The van der Waals surface area contributed by atoms with Crippen molar-refractivity contribution in [2.75, 3.05) is 5.75 Å². The molecule has 0 unspecified atom stereocenters. The molecule has 18 heavy (non-hydrogen) atoms. The van der Waals surface area contributed by atoms with E-state index in [2.05, 4.69) is 9.97 Å². The Morgan fingerprint density at radius 2 is 2.28 bits per heavy atom. The fourth-order valence-corrected chi connectivity index (χ4v) is 2.30. The number of hydrogen-bond donors (Lipinski definition) is 1. The zero-order valence-corrected chi connectivity index (χ0v) is 11.2. The van der Waals surface area contributed by atoms with Crippen LogP contribution in [0.15, 0.2) is 35.6 Å². The van der Waals surface area contributed by atoms with E-state index in [1.807, 2.05) is 12.1 Å². The molecule has 0 amide bonds. The number of nitrogens with one attached hydrogen (secondary N) is 1. The third-order valence-corrected chi connectivity index (χ3v) is 3.56. The minimum absolute atomic E-state index is 0. The average molecular weight is 275 g/mol. The minimum Gasteiger partial charge on any atom is -0.549 e. The van der Waals surface area contributed by atoms with Gasteiger partial charge in [-0.25, -0.2) is 4.98 Å². The third-order valence-electron chi connectivity index (χ3n) is 2.09. The van der Waals surface area contributed by atoms with Crippen molar-refractivity contribution in [3.63, 3.8) is 0 Å². The minimum atomic E-state index is -1.11. The van der Waals surface area contributed by atoms with Gasteiger partial charge in [0.2, 0.25) is 0 Å². The smallest absolute Gasteiger partial charge is 0.549 e. The topological polar surface area (TPSA) is 68.8 Å². The van der Waals surface area contributed by atoms with Gasteiger partial charge in [-0.2, -0.15) is 0 Å². The number of carboxylic acids is 1. The van der Waals surface area contributed by atoms with Crippen molar-refractivity contribution in [2.45, 2.75) is 4.90 Å². The maximum Gasteiger partial charge on any atom is 1.00 e. The second-order valence-corrected chi connectivity index (χ2v) is 4.70.